The molecule has 1 saturated carbocycles. The zero-order valence-corrected chi connectivity index (χ0v) is 17.3. The number of hydrogen-bond donors (Lipinski definition) is 1. The second kappa shape index (κ2) is 14.1. The predicted octanol–water partition coefficient (Wildman–Crippen LogP) is 5.15. The van der Waals surface area contributed by atoms with Crippen molar-refractivity contribution in [1.82, 2.24) is 0 Å². The van der Waals surface area contributed by atoms with Crippen molar-refractivity contribution in [1.29, 1.82) is 0 Å². The summed E-state index contributed by atoms with van der Waals surface area (Å²) in [6, 6.07) is 0. The molecule has 1 aliphatic rings. The Hall–Kier alpha value is -0.970. The fourth-order valence-corrected chi connectivity index (χ4v) is 4.13. The average Bonchev–Trinajstić information content (AvgIpc) is 2.99. The van der Waals surface area contributed by atoms with E-state index in [1.165, 1.54) is 0 Å². The topological polar surface area (TPSA) is 63.6 Å². The smallest absolute Gasteiger partial charge is 0.340 e. The van der Waals surface area contributed by atoms with Crippen LogP contribution in [0, 0.1) is 11.8 Å². The first-order valence-electron chi connectivity index (χ1n) is 11.0. The van der Waals surface area contributed by atoms with Gasteiger partial charge in [-0.2, -0.15) is 0 Å². The van der Waals surface area contributed by atoms with Crippen LogP contribution in [0.1, 0.15) is 97.3 Å². The Balaban J connectivity index is 2.20. The zero-order valence-electron chi connectivity index (χ0n) is 17.3. The van der Waals surface area contributed by atoms with Crippen molar-refractivity contribution in [3.8, 4) is 0 Å². The molecule has 1 rings (SSSR count). The molecule has 27 heavy (non-hydrogen) atoms. The highest BCUT2D eigenvalue weighted by atomic mass is 19.1. The number of esters is 1. The minimum absolute atomic E-state index is 0.143. The van der Waals surface area contributed by atoms with E-state index >= 15 is 0 Å². The van der Waals surface area contributed by atoms with Gasteiger partial charge in [-0.1, -0.05) is 39.0 Å². The lowest BCUT2D eigenvalue weighted by Crippen LogP contribution is -2.19. The molecular formula is C22H39FO4. The fourth-order valence-electron chi connectivity index (χ4n) is 4.13. The van der Waals surface area contributed by atoms with Crippen LogP contribution in [0.3, 0.4) is 0 Å². The number of aliphatic hydroxyl groups is 1. The molecule has 4 atom stereocenters. The van der Waals surface area contributed by atoms with Gasteiger partial charge >= 0.3 is 5.97 Å². The summed E-state index contributed by atoms with van der Waals surface area (Å²) in [6.45, 7) is 4.01. The highest BCUT2D eigenvalue weighted by Crippen LogP contribution is 2.36. The van der Waals surface area contributed by atoms with E-state index in [0.717, 1.165) is 64.2 Å². The van der Waals surface area contributed by atoms with Crippen molar-refractivity contribution < 1.29 is 23.8 Å². The molecule has 158 valence electrons. The SMILES string of the molecule is CCCCC(O)CCC[C@H]1CCC(=O)[C@@H]1CCCCCC(F)C(=O)OCC. The second-order valence-corrected chi connectivity index (χ2v) is 7.96. The quantitative estimate of drug-likeness (QED) is 0.312. The number of aliphatic hydroxyl groups excluding tert-OH is 1. The van der Waals surface area contributed by atoms with Crippen LogP contribution in [0.2, 0.25) is 0 Å². The number of carbonyl (C=O) groups excluding carboxylic acids is 2. The molecule has 2 unspecified atom stereocenters. The van der Waals surface area contributed by atoms with E-state index in [2.05, 4.69) is 11.7 Å². The number of hydrogen-bond acceptors (Lipinski definition) is 4. The highest BCUT2D eigenvalue weighted by Gasteiger charge is 2.33. The molecule has 0 aromatic rings. The molecular weight excluding hydrogens is 347 g/mol. The molecule has 0 radical (unpaired) electrons. The summed E-state index contributed by atoms with van der Waals surface area (Å²) in [7, 11) is 0. The van der Waals surface area contributed by atoms with Crippen molar-refractivity contribution in [2.45, 2.75) is 110 Å². The van der Waals surface area contributed by atoms with E-state index in [0.29, 0.717) is 24.5 Å². The van der Waals surface area contributed by atoms with Crippen LogP contribution >= 0.6 is 0 Å². The largest absolute Gasteiger partial charge is 0.464 e. The van der Waals surface area contributed by atoms with Crippen LogP contribution < -0.4 is 0 Å². The highest BCUT2D eigenvalue weighted by molar-refractivity contribution is 5.83. The van der Waals surface area contributed by atoms with Gasteiger partial charge in [-0.05, 0) is 57.8 Å². The fraction of sp³-hybridized carbons (Fsp3) is 0.909. The molecule has 1 fully saturated rings. The Labute approximate surface area is 164 Å². The molecule has 0 aromatic carbocycles. The molecule has 1 aliphatic carbocycles. The van der Waals surface area contributed by atoms with Gasteiger partial charge in [0.25, 0.3) is 0 Å². The molecule has 1 N–H and O–H groups in total. The average molecular weight is 387 g/mol. The maximum Gasteiger partial charge on any atom is 0.340 e. The van der Waals surface area contributed by atoms with Gasteiger partial charge < -0.3 is 9.84 Å². The molecule has 0 aromatic heterocycles. The Kier molecular flexibility index (Phi) is 12.6. The molecule has 0 amide bonds. The number of halogens is 1. The van der Waals surface area contributed by atoms with Gasteiger partial charge in [0.05, 0.1) is 12.7 Å². The standard InChI is InChI=1S/C22H39FO4/c1-3-5-11-18(24)12-9-10-17-15-16-21(25)19(17)13-7-6-8-14-20(23)22(26)27-4-2/h17-20,24H,3-16H2,1-2H3/t17-,18?,19+,20?/m0/s1. The zero-order chi connectivity index (χ0) is 20.1. The Morgan fingerprint density at radius 2 is 1.85 bits per heavy atom. The van der Waals surface area contributed by atoms with E-state index in [1.54, 1.807) is 6.92 Å². The summed E-state index contributed by atoms with van der Waals surface area (Å²) in [4.78, 5) is 23.4. The summed E-state index contributed by atoms with van der Waals surface area (Å²) >= 11 is 0. The van der Waals surface area contributed by atoms with E-state index in [1.807, 2.05) is 0 Å². The van der Waals surface area contributed by atoms with Gasteiger partial charge in [0.2, 0.25) is 0 Å². The van der Waals surface area contributed by atoms with Crippen LogP contribution in [0.4, 0.5) is 4.39 Å². The first kappa shape index (κ1) is 24.1. The molecule has 4 nitrogen and oxygen atoms in total. The summed E-state index contributed by atoms with van der Waals surface area (Å²) in [5, 5.41) is 9.96. The van der Waals surface area contributed by atoms with Crippen LogP contribution in [0.15, 0.2) is 0 Å². The van der Waals surface area contributed by atoms with Crippen molar-refractivity contribution in [3.05, 3.63) is 0 Å². The third-order valence-electron chi connectivity index (χ3n) is 5.76. The van der Waals surface area contributed by atoms with Crippen LogP contribution in [-0.4, -0.2) is 35.7 Å². The first-order valence-corrected chi connectivity index (χ1v) is 11.0. The van der Waals surface area contributed by atoms with Crippen LogP contribution in [-0.2, 0) is 14.3 Å². The first-order chi connectivity index (χ1) is 13.0. The third-order valence-corrected chi connectivity index (χ3v) is 5.76. The second-order valence-electron chi connectivity index (χ2n) is 7.96. The number of carbonyl (C=O) groups is 2. The summed E-state index contributed by atoms with van der Waals surface area (Å²) in [6.07, 6.45) is 9.32. The lowest BCUT2D eigenvalue weighted by atomic mass is 9.86. The molecule has 0 spiro atoms. The normalized spacial score (nSPS) is 22.0. The van der Waals surface area contributed by atoms with E-state index in [-0.39, 0.29) is 25.0 Å². The Morgan fingerprint density at radius 3 is 2.56 bits per heavy atom. The number of rotatable bonds is 15. The van der Waals surface area contributed by atoms with Crippen LogP contribution in [0.25, 0.3) is 0 Å². The van der Waals surface area contributed by atoms with E-state index in [9.17, 15) is 19.1 Å². The van der Waals surface area contributed by atoms with E-state index in [4.69, 9.17) is 0 Å². The molecule has 0 saturated heterocycles. The van der Waals surface area contributed by atoms with Crippen molar-refractivity contribution in [2.24, 2.45) is 11.8 Å². The monoisotopic (exact) mass is 386 g/mol. The van der Waals surface area contributed by atoms with Gasteiger partial charge in [-0.3, -0.25) is 4.79 Å². The van der Waals surface area contributed by atoms with Gasteiger partial charge in [0.1, 0.15) is 5.78 Å². The lowest BCUT2D eigenvalue weighted by molar-refractivity contribution is -0.149. The third kappa shape index (κ3) is 9.68. The summed E-state index contributed by atoms with van der Waals surface area (Å²) in [5.41, 5.74) is 0. The lowest BCUT2D eigenvalue weighted by Gasteiger charge is -2.19. The van der Waals surface area contributed by atoms with Crippen molar-refractivity contribution >= 4 is 11.8 Å². The predicted molar refractivity (Wildman–Crippen MR) is 105 cm³/mol. The number of ketones is 1. The Morgan fingerprint density at radius 1 is 1.11 bits per heavy atom. The molecule has 0 aliphatic heterocycles. The molecule has 0 bridgehead atoms. The molecule has 5 heteroatoms. The van der Waals surface area contributed by atoms with Gasteiger partial charge in [-0.25, -0.2) is 9.18 Å². The Bertz CT molecular complexity index is 427. The number of Topliss-reactive ketones (excluding diaryl/α,β-unsaturated/α-hetero) is 1. The number of alkyl halides is 1. The van der Waals surface area contributed by atoms with Crippen molar-refractivity contribution in [2.75, 3.05) is 6.61 Å². The summed E-state index contributed by atoms with van der Waals surface area (Å²) in [5.74, 6) is 0.208. The van der Waals surface area contributed by atoms with Gasteiger partial charge in [0, 0.05) is 12.3 Å². The minimum atomic E-state index is -1.52. The maximum atomic E-state index is 13.6. The maximum absolute atomic E-state index is 13.6. The number of unbranched alkanes of at least 4 members (excludes halogenated alkanes) is 3. The number of ether oxygens (including phenoxy) is 1. The van der Waals surface area contributed by atoms with E-state index < -0.39 is 12.1 Å². The van der Waals surface area contributed by atoms with Crippen LogP contribution in [0.5, 0.6) is 0 Å². The van der Waals surface area contributed by atoms with Gasteiger partial charge in [-0.15, -0.1) is 0 Å². The minimum Gasteiger partial charge on any atom is -0.464 e. The van der Waals surface area contributed by atoms with Crippen molar-refractivity contribution in [3.63, 3.8) is 0 Å². The summed E-state index contributed by atoms with van der Waals surface area (Å²) < 4.78 is 18.2. The van der Waals surface area contributed by atoms with Gasteiger partial charge in [0.15, 0.2) is 6.17 Å². The molecule has 0 heterocycles.